The summed E-state index contributed by atoms with van der Waals surface area (Å²) in [6.45, 7) is 4.60. The second-order valence-electron chi connectivity index (χ2n) is 5.48. The summed E-state index contributed by atoms with van der Waals surface area (Å²) in [4.78, 5) is 0. The average molecular weight is 320 g/mol. The van der Waals surface area contributed by atoms with Crippen LogP contribution in [0.4, 0.5) is 0 Å². The number of hydrogen-bond acceptors (Lipinski definition) is 4. The van der Waals surface area contributed by atoms with E-state index in [0.717, 1.165) is 11.3 Å². The molecule has 0 bridgehead atoms. The highest BCUT2D eigenvalue weighted by Crippen LogP contribution is 2.19. The van der Waals surface area contributed by atoms with E-state index in [2.05, 4.69) is 0 Å². The monoisotopic (exact) mass is 320 g/mol. The SMILES string of the molecule is C/C=C/C=C/[C@H](O)[C@@H](C)[C@H](O)CCOCc1ccccc1OC. The molecule has 0 heterocycles. The van der Waals surface area contributed by atoms with Crippen molar-refractivity contribution < 1.29 is 19.7 Å². The van der Waals surface area contributed by atoms with Gasteiger partial charge in [-0.25, -0.2) is 0 Å². The van der Waals surface area contributed by atoms with E-state index in [-0.39, 0.29) is 5.92 Å². The van der Waals surface area contributed by atoms with Crippen LogP contribution in [-0.2, 0) is 11.3 Å². The lowest BCUT2D eigenvalue weighted by Crippen LogP contribution is -2.29. The van der Waals surface area contributed by atoms with E-state index in [9.17, 15) is 10.2 Å². The molecule has 0 radical (unpaired) electrons. The summed E-state index contributed by atoms with van der Waals surface area (Å²) in [7, 11) is 1.63. The first kappa shape index (κ1) is 19.4. The van der Waals surface area contributed by atoms with Crippen LogP contribution in [0.1, 0.15) is 25.8 Å². The molecule has 0 spiro atoms. The molecule has 0 aliphatic carbocycles. The number of para-hydroxylation sites is 1. The zero-order valence-electron chi connectivity index (χ0n) is 14.2. The molecule has 1 aromatic carbocycles. The Kier molecular flexibility index (Phi) is 9.29. The lowest BCUT2D eigenvalue weighted by atomic mass is 9.95. The summed E-state index contributed by atoms with van der Waals surface area (Å²) in [5, 5.41) is 20.1. The Morgan fingerprint density at radius 1 is 1.17 bits per heavy atom. The second-order valence-corrected chi connectivity index (χ2v) is 5.48. The summed E-state index contributed by atoms with van der Waals surface area (Å²) >= 11 is 0. The first-order chi connectivity index (χ1) is 11.1. The number of allylic oxidation sites excluding steroid dienone is 3. The van der Waals surface area contributed by atoms with Gasteiger partial charge in [0.1, 0.15) is 5.75 Å². The summed E-state index contributed by atoms with van der Waals surface area (Å²) < 4.78 is 10.9. The molecule has 1 aromatic rings. The van der Waals surface area contributed by atoms with Crippen molar-refractivity contribution in [3.8, 4) is 5.75 Å². The topological polar surface area (TPSA) is 58.9 Å². The molecular formula is C19H28O4. The van der Waals surface area contributed by atoms with E-state index in [0.29, 0.717) is 19.6 Å². The second kappa shape index (κ2) is 11.0. The van der Waals surface area contributed by atoms with Gasteiger partial charge < -0.3 is 19.7 Å². The standard InChI is InChI=1S/C19H28O4/c1-4-5-6-10-17(20)15(2)18(21)12-13-23-14-16-9-7-8-11-19(16)22-3/h4-11,15,17-18,20-21H,12-14H2,1-3H3/b5-4+,10-6+/t15-,17+,18-/m1/s1. The third-order valence-corrected chi connectivity index (χ3v) is 3.77. The predicted octanol–water partition coefficient (Wildman–Crippen LogP) is 3.09. The van der Waals surface area contributed by atoms with Gasteiger partial charge in [0.05, 0.1) is 25.9 Å². The normalized spacial score (nSPS) is 15.9. The van der Waals surface area contributed by atoms with Crippen LogP contribution in [0.15, 0.2) is 48.6 Å². The van der Waals surface area contributed by atoms with Gasteiger partial charge in [0, 0.05) is 18.1 Å². The number of aliphatic hydroxyl groups excluding tert-OH is 2. The number of aliphatic hydroxyl groups is 2. The van der Waals surface area contributed by atoms with Crippen LogP contribution in [0.5, 0.6) is 5.75 Å². The van der Waals surface area contributed by atoms with Crippen LogP contribution >= 0.6 is 0 Å². The summed E-state index contributed by atoms with van der Waals surface area (Å²) in [6, 6.07) is 7.69. The van der Waals surface area contributed by atoms with Gasteiger partial charge in [-0.1, -0.05) is 49.4 Å². The quantitative estimate of drug-likeness (QED) is 0.514. The van der Waals surface area contributed by atoms with Crippen molar-refractivity contribution in [2.75, 3.05) is 13.7 Å². The molecule has 0 saturated carbocycles. The first-order valence-corrected chi connectivity index (χ1v) is 7.95. The molecule has 0 saturated heterocycles. The molecule has 0 unspecified atom stereocenters. The molecule has 4 nitrogen and oxygen atoms in total. The van der Waals surface area contributed by atoms with Gasteiger partial charge in [-0.3, -0.25) is 0 Å². The molecule has 4 heteroatoms. The lowest BCUT2D eigenvalue weighted by Gasteiger charge is -2.22. The zero-order chi connectivity index (χ0) is 17.1. The zero-order valence-corrected chi connectivity index (χ0v) is 14.2. The van der Waals surface area contributed by atoms with E-state index < -0.39 is 12.2 Å². The highest BCUT2D eigenvalue weighted by molar-refractivity contribution is 5.32. The third kappa shape index (κ3) is 6.99. The van der Waals surface area contributed by atoms with E-state index in [1.54, 1.807) is 19.3 Å². The summed E-state index contributed by atoms with van der Waals surface area (Å²) in [6.07, 6.45) is 6.39. The van der Waals surface area contributed by atoms with Crippen LogP contribution < -0.4 is 4.74 Å². The molecule has 128 valence electrons. The molecule has 1 rings (SSSR count). The Hall–Kier alpha value is -1.62. The Morgan fingerprint density at radius 2 is 1.91 bits per heavy atom. The van der Waals surface area contributed by atoms with Crippen molar-refractivity contribution in [3.63, 3.8) is 0 Å². The van der Waals surface area contributed by atoms with E-state index in [1.165, 1.54) is 0 Å². The molecule has 23 heavy (non-hydrogen) atoms. The van der Waals surface area contributed by atoms with Crippen molar-refractivity contribution >= 4 is 0 Å². The Balaban J connectivity index is 2.34. The maximum Gasteiger partial charge on any atom is 0.124 e. The minimum Gasteiger partial charge on any atom is -0.496 e. The van der Waals surface area contributed by atoms with Crippen LogP contribution in [0.25, 0.3) is 0 Å². The van der Waals surface area contributed by atoms with Gasteiger partial charge in [0.2, 0.25) is 0 Å². The molecule has 2 N–H and O–H groups in total. The molecular weight excluding hydrogens is 292 g/mol. The number of rotatable bonds is 10. The first-order valence-electron chi connectivity index (χ1n) is 7.95. The van der Waals surface area contributed by atoms with Gasteiger partial charge in [-0.05, 0) is 19.4 Å². The van der Waals surface area contributed by atoms with Crippen LogP contribution in [0.3, 0.4) is 0 Å². The molecule has 0 aliphatic rings. The van der Waals surface area contributed by atoms with E-state index in [1.807, 2.05) is 50.3 Å². The molecule has 0 aliphatic heterocycles. The summed E-state index contributed by atoms with van der Waals surface area (Å²) in [5.74, 6) is 0.553. The fourth-order valence-corrected chi connectivity index (χ4v) is 2.16. The van der Waals surface area contributed by atoms with Gasteiger partial charge in [-0.2, -0.15) is 0 Å². The molecule has 0 aromatic heterocycles. The maximum absolute atomic E-state index is 10.1. The van der Waals surface area contributed by atoms with Gasteiger partial charge in [0.25, 0.3) is 0 Å². The number of benzene rings is 1. The predicted molar refractivity (Wildman–Crippen MR) is 92.4 cm³/mol. The minimum atomic E-state index is -0.671. The van der Waals surface area contributed by atoms with E-state index in [4.69, 9.17) is 9.47 Å². The third-order valence-electron chi connectivity index (χ3n) is 3.77. The number of hydrogen-bond donors (Lipinski definition) is 2. The fraction of sp³-hybridized carbons (Fsp3) is 0.474. The smallest absolute Gasteiger partial charge is 0.124 e. The van der Waals surface area contributed by atoms with Crippen molar-refractivity contribution in [3.05, 3.63) is 54.1 Å². The minimum absolute atomic E-state index is 0.244. The highest BCUT2D eigenvalue weighted by atomic mass is 16.5. The van der Waals surface area contributed by atoms with Crippen LogP contribution in [0.2, 0.25) is 0 Å². The highest BCUT2D eigenvalue weighted by Gasteiger charge is 2.20. The Bertz CT molecular complexity index is 496. The van der Waals surface area contributed by atoms with Crippen molar-refractivity contribution in [2.45, 2.75) is 39.1 Å². The largest absolute Gasteiger partial charge is 0.496 e. The Labute approximate surface area is 139 Å². The van der Waals surface area contributed by atoms with Gasteiger partial charge >= 0.3 is 0 Å². The molecule has 0 amide bonds. The van der Waals surface area contributed by atoms with Gasteiger partial charge in [-0.15, -0.1) is 0 Å². The maximum atomic E-state index is 10.1. The molecule has 0 fully saturated rings. The van der Waals surface area contributed by atoms with Crippen LogP contribution in [0, 0.1) is 5.92 Å². The summed E-state index contributed by atoms with van der Waals surface area (Å²) in [5.41, 5.74) is 0.979. The number of ether oxygens (including phenoxy) is 2. The number of methoxy groups -OCH3 is 1. The Morgan fingerprint density at radius 3 is 2.61 bits per heavy atom. The fourth-order valence-electron chi connectivity index (χ4n) is 2.16. The van der Waals surface area contributed by atoms with Crippen molar-refractivity contribution in [1.29, 1.82) is 0 Å². The average Bonchev–Trinajstić information content (AvgIpc) is 2.58. The van der Waals surface area contributed by atoms with E-state index >= 15 is 0 Å². The molecule has 3 atom stereocenters. The van der Waals surface area contributed by atoms with Crippen LogP contribution in [-0.4, -0.2) is 36.1 Å². The van der Waals surface area contributed by atoms with Crippen molar-refractivity contribution in [1.82, 2.24) is 0 Å². The van der Waals surface area contributed by atoms with Crippen molar-refractivity contribution in [2.24, 2.45) is 5.92 Å². The van der Waals surface area contributed by atoms with Gasteiger partial charge in [0.15, 0.2) is 0 Å². The lowest BCUT2D eigenvalue weighted by molar-refractivity contribution is 0.0138.